The molecule has 14 heavy (non-hydrogen) atoms. The first-order valence-electron chi connectivity index (χ1n) is 4.21. The van der Waals surface area contributed by atoms with Crippen molar-refractivity contribution in [3.8, 4) is 0 Å². The lowest BCUT2D eigenvalue weighted by atomic mass is 10.5. The van der Waals surface area contributed by atoms with Gasteiger partial charge < -0.3 is 0 Å². The van der Waals surface area contributed by atoms with Crippen LogP contribution in [0.15, 0.2) is 22.8 Å². The molecule has 1 saturated carbocycles. The summed E-state index contributed by atoms with van der Waals surface area (Å²) in [6.07, 6.45) is 3.07. The van der Waals surface area contributed by atoms with Gasteiger partial charge in [0, 0.05) is 10.7 Å². The fraction of sp³-hybridized carbons (Fsp3) is 0.375. The second kappa shape index (κ2) is 3.51. The topological polar surface area (TPSA) is 59.1 Å². The Labute approximate surface area is 90.9 Å². The summed E-state index contributed by atoms with van der Waals surface area (Å²) in [5.41, 5.74) is 0. The summed E-state index contributed by atoms with van der Waals surface area (Å²) in [7, 11) is -3.18. The van der Waals surface area contributed by atoms with Crippen molar-refractivity contribution < 1.29 is 8.42 Å². The zero-order valence-electron chi connectivity index (χ0n) is 7.27. The van der Waals surface area contributed by atoms with E-state index in [-0.39, 0.29) is 5.25 Å². The summed E-state index contributed by atoms with van der Waals surface area (Å²) in [5, 5.41) is -0.215. The van der Waals surface area contributed by atoms with Crippen LogP contribution in [0.1, 0.15) is 12.8 Å². The van der Waals surface area contributed by atoms with E-state index >= 15 is 0 Å². The van der Waals surface area contributed by atoms with E-state index in [9.17, 15) is 8.42 Å². The largest absolute Gasteiger partial charge is 0.267 e. The van der Waals surface area contributed by atoms with Crippen molar-refractivity contribution in [2.75, 3.05) is 4.72 Å². The Morgan fingerprint density at radius 2 is 2.14 bits per heavy atom. The Morgan fingerprint density at radius 3 is 2.64 bits per heavy atom. The Balaban J connectivity index is 2.14. The molecule has 1 aromatic heterocycles. The molecule has 0 aliphatic heterocycles. The van der Waals surface area contributed by atoms with Crippen molar-refractivity contribution >= 4 is 31.8 Å². The number of hydrogen-bond acceptors (Lipinski definition) is 3. The molecule has 0 atom stereocenters. The molecule has 2 rings (SSSR count). The maximum Gasteiger partial charge on any atom is 0.236 e. The van der Waals surface area contributed by atoms with E-state index in [0.717, 1.165) is 17.3 Å². The van der Waals surface area contributed by atoms with Gasteiger partial charge in [-0.1, -0.05) is 0 Å². The molecule has 1 aromatic rings. The molecule has 0 radical (unpaired) electrons. The fourth-order valence-electron chi connectivity index (χ4n) is 1.04. The number of nitrogens with one attached hydrogen (secondary N) is 1. The Hall–Kier alpha value is -0.620. The predicted octanol–water partition coefficient (Wildman–Crippen LogP) is 1.75. The number of aromatic nitrogens is 1. The second-order valence-corrected chi connectivity index (χ2v) is 6.08. The van der Waals surface area contributed by atoms with Gasteiger partial charge in [0.15, 0.2) is 0 Å². The van der Waals surface area contributed by atoms with Gasteiger partial charge in [-0.15, -0.1) is 0 Å². The normalized spacial score (nSPS) is 16.6. The zero-order chi connectivity index (χ0) is 10.2. The summed E-state index contributed by atoms with van der Waals surface area (Å²) in [6.45, 7) is 0. The Kier molecular flexibility index (Phi) is 2.48. The second-order valence-electron chi connectivity index (χ2n) is 3.21. The van der Waals surface area contributed by atoms with E-state index in [1.807, 2.05) is 0 Å². The molecule has 0 spiro atoms. The first-order chi connectivity index (χ1) is 6.58. The number of sulfonamides is 1. The molecule has 1 aliphatic rings. The van der Waals surface area contributed by atoms with Crippen LogP contribution in [0.4, 0.5) is 5.82 Å². The fourth-order valence-corrected chi connectivity index (χ4v) is 2.61. The molecule has 1 aliphatic carbocycles. The van der Waals surface area contributed by atoms with Crippen LogP contribution < -0.4 is 4.72 Å². The monoisotopic (exact) mass is 276 g/mol. The van der Waals surface area contributed by atoms with Gasteiger partial charge in [0.1, 0.15) is 5.82 Å². The molecule has 0 amide bonds. The van der Waals surface area contributed by atoms with Crippen molar-refractivity contribution in [3.63, 3.8) is 0 Å². The molecule has 4 nitrogen and oxygen atoms in total. The van der Waals surface area contributed by atoms with Crippen LogP contribution in [0, 0.1) is 0 Å². The smallest absolute Gasteiger partial charge is 0.236 e. The van der Waals surface area contributed by atoms with Crippen LogP contribution in [0.5, 0.6) is 0 Å². The highest BCUT2D eigenvalue weighted by Gasteiger charge is 2.35. The van der Waals surface area contributed by atoms with E-state index < -0.39 is 10.0 Å². The highest BCUT2D eigenvalue weighted by Crippen LogP contribution is 2.29. The molecule has 76 valence electrons. The number of rotatable bonds is 3. The average Bonchev–Trinajstić information content (AvgIpc) is 2.91. The average molecular weight is 277 g/mol. The number of nitrogens with zero attached hydrogens (tertiary/aromatic N) is 1. The van der Waals surface area contributed by atoms with E-state index in [2.05, 4.69) is 25.6 Å². The molecule has 0 aromatic carbocycles. The highest BCUT2D eigenvalue weighted by atomic mass is 79.9. The summed E-state index contributed by atoms with van der Waals surface area (Å²) >= 11 is 3.23. The predicted molar refractivity (Wildman–Crippen MR) is 57.5 cm³/mol. The van der Waals surface area contributed by atoms with Gasteiger partial charge in [-0.2, -0.15) is 0 Å². The minimum atomic E-state index is -3.18. The van der Waals surface area contributed by atoms with Crippen LogP contribution in [0.3, 0.4) is 0 Å². The summed E-state index contributed by atoms with van der Waals surface area (Å²) in [4.78, 5) is 3.94. The molecular weight excluding hydrogens is 268 g/mol. The number of halogens is 1. The zero-order valence-corrected chi connectivity index (χ0v) is 9.68. The number of pyridine rings is 1. The highest BCUT2D eigenvalue weighted by molar-refractivity contribution is 9.10. The molecule has 6 heteroatoms. The molecule has 1 fully saturated rings. The Morgan fingerprint density at radius 1 is 1.43 bits per heavy atom. The third-order valence-corrected chi connectivity index (χ3v) is 4.25. The van der Waals surface area contributed by atoms with Crippen LogP contribution >= 0.6 is 15.9 Å². The minimum absolute atomic E-state index is 0.215. The van der Waals surface area contributed by atoms with Crippen molar-refractivity contribution in [1.29, 1.82) is 0 Å². The third kappa shape index (κ3) is 2.24. The van der Waals surface area contributed by atoms with Gasteiger partial charge >= 0.3 is 0 Å². The maximum absolute atomic E-state index is 11.5. The first-order valence-corrected chi connectivity index (χ1v) is 6.55. The lowest BCUT2D eigenvalue weighted by Gasteiger charge is -2.04. The maximum atomic E-state index is 11.5. The summed E-state index contributed by atoms with van der Waals surface area (Å²) in [6, 6.07) is 3.38. The molecule has 0 bridgehead atoms. The molecule has 1 heterocycles. The summed E-state index contributed by atoms with van der Waals surface area (Å²) < 4.78 is 26.2. The van der Waals surface area contributed by atoms with Gasteiger partial charge in [0.25, 0.3) is 0 Å². The van der Waals surface area contributed by atoms with Gasteiger partial charge in [-0.25, -0.2) is 13.4 Å². The van der Waals surface area contributed by atoms with Crippen molar-refractivity contribution in [2.45, 2.75) is 18.1 Å². The van der Waals surface area contributed by atoms with Gasteiger partial charge in [-0.3, -0.25) is 4.72 Å². The van der Waals surface area contributed by atoms with Crippen LogP contribution in [0.25, 0.3) is 0 Å². The standard InChI is InChI=1S/C8H9BrN2O2S/c9-6-1-4-8(10-5-6)11-14(12,13)7-2-3-7/h1,4-5,7H,2-3H2,(H,10,11). The minimum Gasteiger partial charge on any atom is -0.267 e. The van der Waals surface area contributed by atoms with Crippen molar-refractivity contribution in [3.05, 3.63) is 22.8 Å². The lowest BCUT2D eigenvalue weighted by molar-refractivity contribution is 0.600. The van der Waals surface area contributed by atoms with Gasteiger partial charge in [0.2, 0.25) is 10.0 Å². The first kappa shape index (κ1) is 9.92. The van der Waals surface area contributed by atoms with E-state index in [1.54, 1.807) is 18.3 Å². The third-order valence-electron chi connectivity index (χ3n) is 1.94. The van der Waals surface area contributed by atoms with Gasteiger partial charge in [0.05, 0.1) is 5.25 Å². The van der Waals surface area contributed by atoms with Crippen LogP contribution in [0.2, 0.25) is 0 Å². The van der Waals surface area contributed by atoms with E-state index in [0.29, 0.717) is 5.82 Å². The Bertz CT molecular complexity index is 425. The molecule has 1 N–H and O–H groups in total. The number of anilines is 1. The van der Waals surface area contributed by atoms with Crippen LogP contribution in [-0.2, 0) is 10.0 Å². The van der Waals surface area contributed by atoms with Crippen molar-refractivity contribution in [2.24, 2.45) is 0 Å². The van der Waals surface area contributed by atoms with Gasteiger partial charge in [-0.05, 0) is 40.9 Å². The number of hydrogen-bond donors (Lipinski definition) is 1. The van der Waals surface area contributed by atoms with E-state index in [1.165, 1.54) is 0 Å². The molecule has 0 unspecified atom stereocenters. The van der Waals surface area contributed by atoms with Crippen LogP contribution in [-0.4, -0.2) is 18.7 Å². The van der Waals surface area contributed by atoms with Crippen molar-refractivity contribution in [1.82, 2.24) is 4.98 Å². The molecule has 0 saturated heterocycles. The molecular formula is C8H9BrN2O2S. The quantitative estimate of drug-likeness (QED) is 0.915. The van der Waals surface area contributed by atoms with E-state index in [4.69, 9.17) is 0 Å². The SMILES string of the molecule is O=S(=O)(Nc1ccc(Br)cn1)C1CC1. The summed E-state index contributed by atoms with van der Waals surface area (Å²) in [5.74, 6) is 0.375. The lowest BCUT2D eigenvalue weighted by Crippen LogP contribution is -2.17.